The fraction of sp³-hybridized carbons (Fsp3) is 0.391. The molecule has 0 radical (unpaired) electrons. The van der Waals surface area contributed by atoms with Crippen LogP contribution in [0.5, 0.6) is 5.75 Å². The van der Waals surface area contributed by atoms with Gasteiger partial charge in [0.25, 0.3) is 5.56 Å². The number of nitrogens with one attached hydrogen (secondary N) is 1. The quantitative estimate of drug-likeness (QED) is 0.210. The van der Waals surface area contributed by atoms with E-state index in [9.17, 15) is 4.79 Å². The number of imidazole rings is 1. The molecule has 4 aromatic heterocycles. The molecule has 11 nitrogen and oxygen atoms in total. The average molecular weight is 541 g/mol. The topological polar surface area (TPSA) is 129 Å². The number of fused-ring (bicyclic) bond motifs is 2. The minimum Gasteiger partial charge on any atom is -0.497 e. The second-order valence-corrected chi connectivity index (χ2v) is 9.02. The zero-order valence-electron chi connectivity index (χ0n) is 19.5. The normalized spacial score (nSPS) is 11.6. The molecule has 182 valence electrons. The minimum absolute atomic E-state index is 0.231. The van der Waals surface area contributed by atoms with Crippen LogP contribution in [-0.4, -0.2) is 46.4 Å². The van der Waals surface area contributed by atoms with Gasteiger partial charge in [-0.25, -0.2) is 9.38 Å². The Kier molecular flexibility index (Phi) is 6.62. The molecular formula is C23H25BrN8O3. The van der Waals surface area contributed by atoms with Gasteiger partial charge >= 0.3 is 0 Å². The third-order valence-corrected chi connectivity index (χ3v) is 6.24. The van der Waals surface area contributed by atoms with Gasteiger partial charge in [0, 0.05) is 25.8 Å². The zero-order valence-corrected chi connectivity index (χ0v) is 21.1. The molecule has 5 rings (SSSR count). The number of nitrogens with zero attached hydrogens (tertiary/aromatic N) is 7. The molecular weight excluding hydrogens is 516 g/mol. The van der Waals surface area contributed by atoms with Crippen molar-refractivity contribution in [3.05, 3.63) is 62.5 Å². The summed E-state index contributed by atoms with van der Waals surface area (Å²) >= 11 is 3.35. The van der Waals surface area contributed by atoms with Crippen LogP contribution < -0.4 is 10.3 Å². The Bertz CT molecular complexity index is 1520. The van der Waals surface area contributed by atoms with Gasteiger partial charge in [-0.15, -0.1) is 10.2 Å². The first-order valence-electron chi connectivity index (χ1n) is 11.5. The summed E-state index contributed by atoms with van der Waals surface area (Å²) in [5.74, 6) is 2.90. The van der Waals surface area contributed by atoms with E-state index in [2.05, 4.69) is 53.2 Å². The SMILES string of the molecule is CCCCCn1c2nc(Br)[nH]c2c(=O)n2c(CCc3nc(Cc4ccc(OC)cc4)no3)nnc12. The Morgan fingerprint density at radius 1 is 1.11 bits per heavy atom. The van der Waals surface area contributed by atoms with Gasteiger partial charge in [0.15, 0.2) is 21.7 Å². The van der Waals surface area contributed by atoms with Gasteiger partial charge < -0.3 is 14.2 Å². The Morgan fingerprint density at radius 2 is 1.94 bits per heavy atom. The lowest BCUT2D eigenvalue weighted by Gasteiger charge is -2.09. The Morgan fingerprint density at radius 3 is 2.71 bits per heavy atom. The second kappa shape index (κ2) is 9.98. The molecule has 0 saturated heterocycles. The van der Waals surface area contributed by atoms with Crippen LogP contribution in [0.25, 0.3) is 16.9 Å². The van der Waals surface area contributed by atoms with Gasteiger partial charge in [-0.1, -0.05) is 37.1 Å². The van der Waals surface area contributed by atoms with Crippen molar-refractivity contribution < 1.29 is 9.26 Å². The largest absolute Gasteiger partial charge is 0.497 e. The number of methoxy groups -OCH3 is 1. The van der Waals surface area contributed by atoms with E-state index in [-0.39, 0.29) is 5.56 Å². The van der Waals surface area contributed by atoms with Crippen molar-refractivity contribution in [2.24, 2.45) is 0 Å². The van der Waals surface area contributed by atoms with Crippen LogP contribution >= 0.6 is 15.9 Å². The van der Waals surface area contributed by atoms with Crippen LogP contribution in [0.2, 0.25) is 0 Å². The van der Waals surface area contributed by atoms with Crippen molar-refractivity contribution in [3.63, 3.8) is 0 Å². The number of rotatable bonds is 10. The molecule has 0 unspecified atom stereocenters. The summed E-state index contributed by atoms with van der Waals surface area (Å²) < 4.78 is 14.6. The first-order valence-corrected chi connectivity index (χ1v) is 12.3. The smallest absolute Gasteiger partial charge is 0.286 e. The number of hydrogen-bond donors (Lipinski definition) is 1. The number of halogens is 1. The van der Waals surface area contributed by atoms with Crippen LogP contribution in [0.4, 0.5) is 0 Å². The number of ether oxygens (including phenoxy) is 1. The molecule has 0 aliphatic rings. The predicted molar refractivity (Wildman–Crippen MR) is 132 cm³/mol. The number of hydrogen-bond acceptors (Lipinski definition) is 8. The minimum atomic E-state index is -0.231. The Labute approximate surface area is 208 Å². The summed E-state index contributed by atoms with van der Waals surface area (Å²) in [5.41, 5.74) is 1.82. The monoisotopic (exact) mass is 540 g/mol. The number of unbranched alkanes of at least 4 members (excludes halogenated alkanes) is 2. The zero-order chi connectivity index (χ0) is 24.4. The molecule has 1 aromatic carbocycles. The summed E-state index contributed by atoms with van der Waals surface area (Å²) in [7, 11) is 1.64. The number of H-pyrrole nitrogens is 1. The summed E-state index contributed by atoms with van der Waals surface area (Å²) in [6.45, 7) is 2.85. The number of aromatic nitrogens is 8. The lowest BCUT2D eigenvalue weighted by atomic mass is 10.1. The van der Waals surface area contributed by atoms with E-state index in [1.165, 1.54) is 0 Å². The Balaban J connectivity index is 1.37. The highest BCUT2D eigenvalue weighted by atomic mass is 79.9. The molecule has 0 amide bonds. The van der Waals surface area contributed by atoms with Crippen LogP contribution in [0.3, 0.4) is 0 Å². The molecule has 35 heavy (non-hydrogen) atoms. The molecule has 0 aliphatic carbocycles. The third-order valence-electron chi connectivity index (χ3n) is 5.86. The van der Waals surface area contributed by atoms with E-state index in [4.69, 9.17) is 9.26 Å². The number of benzene rings is 1. The highest BCUT2D eigenvalue weighted by Gasteiger charge is 2.20. The highest BCUT2D eigenvalue weighted by Crippen LogP contribution is 2.18. The predicted octanol–water partition coefficient (Wildman–Crippen LogP) is 3.49. The van der Waals surface area contributed by atoms with E-state index in [1.54, 1.807) is 11.5 Å². The first kappa shape index (κ1) is 23.2. The van der Waals surface area contributed by atoms with E-state index in [1.807, 2.05) is 28.8 Å². The maximum absolute atomic E-state index is 13.2. The lowest BCUT2D eigenvalue weighted by Crippen LogP contribution is -2.21. The van der Waals surface area contributed by atoms with Crippen molar-refractivity contribution in [1.82, 2.24) is 39.3 Å². The summed E-state index contributed by atoms with van der Waals surface area (Å²) in [5, 5.41) is 12.7. The summed E-state index contributed by atoms with van der Waals surface area (Å²) in [6, 6.07) is 7.74. The summed E-state index contributed by atoms with van der Waals surface area (Å²) in [4.78, 5) is 25.2. The summed E-state index contributed by atoms with van der Waals surface area (Å²) in [6.07, 6.45) is 4.54. The standard InChI is InChI=1S/C23H25BrN8O3/c1-3-4-5-12-31-20-19(26-22(24)27-20)21(33)32-17(28-29-23(31)32)10-11-18-25-16(30-35-18)13-14-6-8-15(34-2)9-7-14/h6-9H,3-5,10-13H2,1-2H3,(H,26,27). The average Bonchev–Trinajstić information content (AvgIpc) is 3.59. The van der Waals surface area contributed by atoms with Gasteiger partial charge in [-0.3, -0.25) is 9.36 Å². The molecule has 0 atom stereocenters. The van der Waals surface area contributed by atoms with Gasteiger partial charge in [-0.2, -0.15) is 4.98 Å². The molecule has 4 heterocycles. The van der Waals surface area contributed by atoms with Gasteiger partial charge in [0.05, 0.1) is 7.11 Å². The molecule has 5 aromatic rings. The fourth-order valence-corrected chi connectivity index (χ4v) is 4.44. The second-order valence-electron chi connectivity index (χ2n) is 8.27. The van der Waals surface area contributed by atoms with Gasteiger partial charge in [0.2, 0.25) is 11.7 Å². The van der Waals surface area contributed by atoms with Crippen molar-refractivity contribution >= 4 is 32.9 Å². The van der Waals surface area contributed by atoms with Crippen molar-refractivity contribution in [2.45, 2.75) is 52.0 Å². The lowest BCUT2D eigenvalue weighted by molar-refractivity contribution is 0.373. The molecule has 1 N–H and O–H groups in total. The van der Waals surface area contributed by atoms with Crippen molar-refractivity contribution in [1.29, 1.82) is 0 Å². The van der Waals surface area contributed by atoms with E-state index >= 15 is 0 Å². The fourth-order valence-electron chi connectivity index (χ4n) is 4.07. The molecule has 0 fully saturated rings. The molecule has 0 bridgehead atoms. The molecule has 0 saturated carbocycles. The molecule has 12 heteroatoms. The van der Waals surface area contributed by atoms with Crippen LogP contribution in [0.15, 0.2) is 38.3 Å². The molecule has 0 aliphatic heterocycles. The van der Waals surface area contributed by atoms with E-state index in [0.29, 0.717) is 65.0 Å². The van der Waals surface area contributed by atoms with E-state index < -0.39 is 0 Å². The first-order chi connectivity index (χ1) is 17.1. The number of aryl methyl sites for hydroxylation is 3. The van der Waals surface area contributed by atoms with E-state index in [0.717, 1.165) is 30.6 Å². The van der Waals surface area contributed by atoms with Crippen LogP contribution in [0, 0.1) is 0 Å². The van der Waals surface area contributed by atoms with Crippen LogP contribution in [-0.2, 0) is 25.8 Å². The number of aromatic amines is 1. The maximum atomic E-state index is 13.2. The molecule has 0 spiro atoms. The highest BCUT2D eigenvalue weighted by molar-refractivity contribution is 9.10. The van der Waals surface area contributed by atoms with Crippen molar-refractivity contribution in [3.8, 4) is 5.75 Å². The van der Waals surface area contributed by atoms with Gasteiger partial charge in [0.1, 0.15) is 11.6 Å². The van der Waals surface area contributed by atoms with Crippen LogP contribution in [0.1, 0.15) is 49.3 Å². The third kappa shape index (κ3) is 4.70. The van der Waals surface area contributed by atoms with Crippen molar-refractivity contribution in [2.75, 3.05) is 7.11 Å². The van der Waals surface area contributed by atoms with Gasteiger partial charge in [-0.05, 0) is 40.0 Å². The Hall–Kier alpha value is -3.54. The maximum Gasteiger partial charge on any atom is 0.286 e.